The third-order valence-electron chi connectivity index (χ3n) is 14.5. The van der Waals surface area contributed by atoms with E-state index in [0.717, 1.165) is 36.8 Å². The van der Waals surface area contributed by atoms with Gasteiger partial charge >= 0.3 is 11.9 Å². The molecule has 252 valence electrons. The number of ether oxygens (including phenoxy) is 3. The number of carbonyl (C=O) groups is 3. The molecular formula is C39H54O7. The summed E-state index contributed by atoms with van der Waals surface area (Å²) in [6.07, 6.45) is 4.20. The van der Waals surface area contributed by atoms with Crippen molar-refractivity contribution in [3.63, 3.8) is 0 Å². The highest BCUT2D eigenvalue weighted by Gasteiger charge is 2.74. The van der Waals surface area contributed by atoms with Crippen LogP contribution in [0.4, 0.5) is 0 Å². The van der Waals surface area contributed by atoms with Crippen molar-refractivity contribution in [3.05, 3.63) is 47.5 Å². The molecule has 3 saturated carbocycles. The van der Waals surface area contributed by atoms with Crippen LogP contribution >= 0.6 is 0 Å². The molecule has 0 radical (unpaired) electrons. The molecule has 7 nitrogen and oxygen atoms in total. The number of rotatable bonds is 6. The standard InChI is InChI=1S/C39H54O7/c1-23(2)24(3)35(5)16-17-37(7)27-14-15-30-36(6)21-44-22-39(30,19-29(33(36)42)46-25(4)40)28(27)18-31(41)38(37,8)32(35)34(43)45-20-26-12-10-9-11-13-26/h9-13,18,23-24,27,29-30,32-33,42H,14-17,19-22H2,1-8H3/t24-,27+,29-,30+,32-,33+,35-,36-,37-,38+,39+/m1/s1. The molecule has 0 unspecified atom stereocenters. The number of ketones is 1. The lowest BCUT2D eigenvalue weighted by Crippen LogP contribution is -2.71. The van der Waals surface area contributed by atoms with Gasteiger partial charge in [-0.05, 0) is 78.2 Å². The van der Waals surface area contributed by atoms with Crippen molar-refractivity contribution in [2.45, 2.75) is 106 Å². The Morgan fingerprint density at radius 2 is 1.72 bits per heavy atom. The molecule has 0 amide bonds. The first-order valence-corrected chi connectivity index (χ1v) is 17.5. The molecule has 4 fully saturated rings. The predicted molar refractivity (Wildman–Crippen MR) is 174 cm³/mol. The smallest absolute Gasteiger partial charge is 0.310 e. The van der Waals surface area contributed by atoms with E-state index in [-0.39, 0.29) is 36.1 Å². The van der Waals surface area contributed by atoms with Gasteiger partial charge in [0.2, 0.25) is 0 Å². The molecule has 4 aliphatic carbocycles. The number of fused-ring (bicyclic) bond motifs is 3. The number of benzene rings is 1. The highest BCUT2D eigenvalue weighted by Crippen LogP contribution is 2.74. The van der Waals surface area contributed by atoms with E-state index in [1.165, 1.54) is 6.92 Å². The van der Waals surface area contributed by atoms with Crippen molar-refractivity contribution >= 4 is 17.7 Å². The maximum absolute atomic E-state index is 15.1. The lowest BCUT2D eigenvalue weighted by molar-refractivity contribution is -0.256. The Morgan fingerprint density at radius 1 is 1.02 bits per heavy atom. The number of aliphatic hydroxyl groups is 1. The Kier molecular flexibility index (Phi) is 8.20. The third-order valence-corrected chi connectivity index (χ3v) is 14.5. The molecule has 11 atom stereocenters. The second kappa shape index (κ2) is 11.3. The van der Waals surface area contributed by atoms with E-state index in [0.29, 0.717) is 25.6 Å². The predicted octanol–water partition coefficient (Wildman–Crippen LogP) is 6.71. The Hall–Kier alpha value is -2.51. The first-order chi connectivity index (χ1) is 21.6. The molecule has 1 aromatic carbocycles. The monoisotopic (exact) mass is 634 g/mol. The van der Waals surface area contributed by atoms with Crippen molar-refractivity contribution < 1.29 is 33.7 Å². The molecule has 2 bridgehead atoms. The first-order valence-electron chi connectivity index (χ1n) is 17.5. The Bertz CT molecular complexity index is 1420. The van der Waals surface area contributed by atoms with Crippen LogP contribution in [0.15, 0.2) is 42.0 Å². The maximum Gasteiger partial charge on any atom is 0.310 e. The zero-order chi connectivity index (χ0) is 33.4. The Labute approximate surface area is 274 Å². The van der Waals surface area contributed by atoms with E-state index in [9.17, 15) is 14.7 Å². The van der Waals surface area contributed by atoms with Crippen LogP contribution in [0.3, 0.4) is 0 Å². The number of hydrogen-bond acceptors (Lipinski definition) is 7. The fourth-order valence-electron chi connectivity index (χ4n) is 11.5. The van der Waals surface area contributed by atoms with Crippen LogP contribution in [-0.2, 0) is 35.2 Å². The zero-order valence-electron chi connectivity index (χ0n) is 29.1. The van der Waals surface area contributed by atoms with Crippen molar-refractivity contribution in [3.8, 4) is 0 Å². The van der Waals surface area contributed by atoms with Gasteiger partial charge in [0.1, 0.15) is 12.7 Å². The highest BCUT2D eigenvalue weighted by atomic mass is 16.6. The molecule has 0 spiro atoms. The number of esters is 2. The van der Waals surface area contributed by atoms with E-state index >= 15 is 4.79 Å². The average Bonchev–Trinajstić information content (AvgIpc) is 3.00. The Morgan fingerprint density at radius 3 is 2.37 bits per heavy atom. The highest BCUT2D eigenvalue weighted by molar-refractivity contribution is 6.01. The van der Waals surface area contributed by atoms with Crippen molar-refractivity contribution in [2.24, 2.45) is 56.7 Å². The Balaban J connectivity index is 1.46. The molecule has 7 heteroatoms. The lowest BCUT2D eigenvalue weighted by Gasteiger charge is -2.70. The first kappa shape index (κ1) is 33.4. The lowest BCUT2D eigenvalue weighted by atomic mass is 9.34. The van der Waals surface area contributed by atoms with Crippen LogP contribution in [-0.4, -0.2) is 48.3 Å². The summed E-state index contributed by atoms with van der Waals surface area (Å²) in [5.74, 6) is -0.664. The molecule has 5 aliphatic rings. The van der Waals surface area contributed by atoms with Crippen LogP contribution in [0.5, 0.6) is 0 Å². The van der Waals surface area contributed by atoms with Crippen LogP contribution < -0.4 is 0 Å². The van der Waals surface area contributed by atoms with Crippen molar-refractivity contribution in [2.75, 3.05) is 13.2 Å². The minimum Gasteiger partial charge on any atom is -0.461 e. The van der Waals surface area contributed by atoms with E-state index in [2.05, 4.69) is 48.5 Å². The third kappa shape index (κ3) is 4.53. The number of hydrogen-bond donors (Lipinski definition) is 1. The summed E-state index contributed by atoms with van der Waals surface area (Å²) in [5, 5.41) is 11.5. The topological polar surface area (TPSA) is 99.1 Å². The number of aliphatic hydroxyl groups excluding tert-OH is 1. The van der Waals surface area contributed by atoms with Gasteiger partial charge in [-0.2, -0.15) is 0 Å². The van der Waals surface area contributed by atoms with Gasteiger partial charge < -0.3 is 19.3 Å². The molecule has 1 aliphatic heterocycles. The molecule has 6 rings (SSSR count). The van der Waals surface area contributed by atoms with Crippen LogP contribution in [0, 0.1) is 56.7 Å². The fraction of sp³-hybridized carbons (Fsp3) is 0.718. The summed E-state index contributed by atoms with van der Waals surface area (Å²) in [6, 6.07) is 9.74. The summed E-state index contributed by atoms with van der Waals surface area (Å²) >= 11 is 0. The molecule has 46 heavy (non-hydrogen) atoms. The van der Waals surface area contributed by atoms with Gasteiger partial charge in [-0.3, -0.25) is 14.4 Å². The number of allylic oxidation sites excluding steroid dienone is 1. The molecule has 0 aromatic heterocycles. The second-order valence-electron chi connectivity index (χ2n) is 16.8. The van der Waals surface area contributed by atoms with E-state index in [1.807, 2.05) is 36.4 Å². The van der Waals surface area contributed by atoms with Gasteiger partial charge in [-0.15, -0.1) is 0 Å². The SMILES string of the molecule is CC(=O)O[C@@H]1C[C@@]23COC[C@](C)([C@@H]2CC[C@H]2C3=CC(=O)[C@@]3(C)[C@H](C(=O)OCc4ccccc4)[C@@](C)([C@H](C)C(C)C)CC[C@]23C)[C@H]1O. The molecule has 1 saturated heterocycles. The van der Waals surface area contributed by atoms with Gasteiger partial charge in [0.05, 0.1) is 25.2 Å². The van der Waals surface area contributed by atoms with Gasteiger partial charge in [0.15, 0.2) is 5.78 Å². The van der Waals surface area contributed by atoms with Gasteiger partial charge in [-0.25, -0.2) is 0 Å². The van der Waals surface area contributed by atoms with Crippen LogP contribution in [0.2, 0.25) is 0 Å². The zero-order valence-corrected chi connectivity index (χ0v) is 29.1. The van der Waals surface area contributed by atoms with Crippen molar-refractivity contribution in [1.29, 1.82) is 0 Å². The van der Waals surface area contributed by atoms with Gasteiger partial charge in [-0.1, -0.05) is 84.4 Å². The fourth-order valence-corrected chi connectivity index (χ4v) is 11.5. The van der Waals surface area contributed by atoms with Gasteiger partial charge in [0, 0.05) is 23.2 Å². The van der Waals surface area contributed by atoms with Crippen LogP contribution in [0.1, 0.15) is 93.1 Å². The average molecular weight is 635 g/mol. The normalized spacial score (nSPS) is 43.8. The molecular weight excluding hydrogens is 580 g/mol. The minimum atomic E-state index is -0.975. The van der Waals surface area contributed by atoms with E-state index in [4.69, 9.17) is 14.2 Å². The summed E-state index contributed by atoms with van der Waals surface area (Å²) < 4.78 is 18.2. The summed E-state index contributed by atoms with van der Waals surface area (Å²) in [4.78, 5) is 41.8. The molecule has 1 aromatic rings. The van der Waals surface area contributed by atoms with E-state index in [1.54, 1.807) is 0 Å². The van der Waals surface area contributed by atoms with Crippen molar-refractivity contribution in [1.82, 2.24) is 0 Å². The van der Waals surface area contributed by atoms with E-state index < -0.39 is 51.2 Å². The van der Waals surface area contributed by atoms with Crippen LogP contribution in [0.25, 0.3) is 0 Å². The summed E-state index contributed by atoms with van der Waals surface area (Å²) in [7, 11) is 0. The second-order valence-corrected chi connectivity index (χ2v) is 16.8. The quantitative estimate of drug-likeness (QED) is 0.348. The minimum absolute atomic E-state index is 0.0118. The molecule has 1 heterocycles. The largest absolute Gasteiger partial charge is 0.461 e. The summed E-state index contributed by atoms with van der Waals surface area (Å²) in [5.41, 5.74) is -1.03. The van der Waals surface area contributed by atoms with Gasteiger partial charge in [0.25, 0.3) is 0 Å². The number of carbonyl (C=O) groups excluding carboxylic acids is 3. The maximum atomic E-state index is 15.1. The molecule has 1 N–H and O–H groups in total. The summed E-state index contributed by atoms with van der Waals surface area (Å²) in [6.45, 7) is 17.6.